The van der Waals surface area contributed by atoms with Gasteiger partial charge in [0.15, 0.2) is 5.78 Å². The summed E-state index contributed by atoms with van der Waals surface area (Å²) >= 11 is 0. The summed E-state index contributed by atoms with van der Waals surface area (Å²) in [4.78, 5) is 12.8. The predicted molar refractivity (Wildman–Crippen MR) is 77.0 cm³/mol. The highest BCUT2D eigenvalue weighted by Gasteiger charge is 2.50. The zero-order chi connectivity index (χ0) is 14.0. The molecule has 1 saturated carbocycles. The Morgan fingerprint density at radius 2 is 1.45 bits per heavy atom. The molecule has 0 N–H and O–H groups in total. The van der Waals surface area contributed by atoms with Crippen LogP contribution in [0.5, 0.6) is 0 Å². The lowest BCUT2D eigenvalue weighted by atomic mass is 9.72. The minimum Gasteiger partial charge on any atom is -0.297 e. The Morgan fingerprint density at radius 1 is 0.950 bits per heavy atom. The molecule has 0 saturated heterocycles. The predicted octanol–water partition coefficient (Wildman–Crippen LogP) is 3.48. The summed E-state index contributed by atoms with van der Waals surface area (Å²) in [5.41, 5.74) is 1.34. The van der Waals surface area contributed by atoms with Gasteiger partial charge in [-0.25, -0.2) is 0 Å². The van der Waals surface area contributed by atoms with E-state index < -0.39 is 11.3 Å². The molecule has 0 amide bonds. The molecule has 1 aliphatic carbocycles. The first-order valence-corrected chi connectivity index (χ1v) is 6.84. The lowest BCUT2D eigenvalue weighted by Gasteiger charge is -2.29. The molecule has 0 bridgehead atoms. The highest BCUT2D eigenvalue weighted by molar-refractivity contribution is 5.99. The van der Waals surface area contributed by atoms with Crippen molar-refractivity contribution in [2.24, 2.45) is 5.92 Å². The van der Waals surface area contributed by atoms with Crippen molar-refractivity contribution in [3.05, 3.63) is 71.8 Å². The van der Waals surface area contributed by atoms with E-state index in [0.717, 1.165) is 11.1 Å². The van der Waals surface area contributed by atoms with E-state index in [9.17, 15) is 10.1 Å². The van der Waals surface area contributed by atoms with Crippen LogP contribution in [0, 0.1) is 17.2 Å². The summed E-state index contributed by atoms with van der Waals surface area (Å²) in [7, 11) is 0. The summed E-state index contributed by atoms with van der Waals surface area (Å²) in [5, 5.41) is 9.19. The summed E-state index contributed by atoms with van der Waals surface area (Å²) < 4.78 is 0. The van der Waals surface area contributed by atoms with Crippen LogP contribution in [0.2, 0.25) is 0 Å². The van der Waals surface area contributed by atoms with Gasteiger partial charge in [-0.1, -0.05) is 60.7 Å². The molecule has 20 heavy (non-hydrogen) atoms. The average molecular weight is 261 g/mol. The van der Waals surface area contributed by atoms with Crippen molar-refractivity contribution < 1.29 is 4.79 Å². The summed E-state index contributed by atoms with van der Waals surface area (Å²) in [5.74, 6) is -0.451. The van der Waals surface area contributed by atoms with Crippen LogP contribution in [0.1, 0.15) is 24.0 Å². The third kappa shape index (κ3) is 1.75. The van der Waals surface area contributed by atoms with Gasteiger partial charge in [-0.15, -0.1) is 0 Å². The first-order valence-electron chi connectivity index (χ1n) is 6.84. The van der Waals surface area contributed by atoms with E-state index in [4.69, 9.17) is 0 Å². The van der Waals surface area contributed by atoms with Crippen LogP contribution < -0.4 is 0 Å². The minimum absolute atomic E-state index is 0.0393. The topological polar surface area (TPSA) is 40.9 Å². The Labute approximate surface area is 118 Å². The Bertz CT molecular complexity index is 615. The largest absolute Gasteiger partial charge is 0.297 e. The molecule has 2 aromatic carbocycles. The highest BCUT2D eigenvalue weighted by atomic mass is 16.1. The number of hydrogen-bond acceptors (Lipinski definition) is 2. The highest BCUT2D eigenvalue weighted by Crippen LogP contribution is 2.45. The van der Waals surface area contributed by atoms with Crippen LogP contribution in [-0.2, 0) is 10.2 Å². The molecular formula is C18H15NO. The van der Waals surface area contributed by atoms with Crippen LogP contribution in [0.3, 0.4) is 0 Å². The second kappa shape index (κ2) is 4.94. The summed E-state index contributed by atoms with van der Waals surface area (Å²) in [6.45, 7) is 0. The number of ketones is 1. The van der Waals surface area contributed by atoms with E-state index in [2.05, 4.69) is 6.07 Å². The summed E-state index contributed by atoms with van der Waals surface area (Å²) in [6.07, 6.45) is 1.34. The number of benzene rings is 2. The van der Waals surface area contributed by atoms with E-state index in [1.165, 1.54) is 0 Å². The number of rotatable bonds is 2. The smallest absolute Gasteiger partial charge is 0.164 e. The molecular weight excluding hydrogens is 246 g/mol. The maximum atomic E-state index is 12.8. The van der Waals surface area contributed by atoms with E-state index in [1.807, 2.05) is 60.7 Å². The SMILES string of the molecule is N#C[C@H]1CCC(c2ccccc2)(c2ccccc2)C1=O. The fourth-order valence-corrected chi connectivity index (χ4v) is 3.22. The third-order valence-corrected chi connectivity index (χ3v) is 4.23. The van der Waals surface area contributed by atoms with Gasteiger partial charge in [-0.3, -0.25) is 4.79 Å². The Morgan fingerprint density at radius 3 is 1.85 bits per heavy atom. The van der Waals surface area contributed by atoms with Gasteiger partial charge in [-0.05, 0) is 24.0 Å². The van der Waals surface area contributed by atoms with E-state index in [1.54, 1.807) is 0 Å². The third-order valence-electron chi connectivity index (χ3n) is 4.23. The molecule has 2 nitrogen and oxygen atoms in total. The van der Waals surface area contributed by atoms with Gasteiger partial charge >= 0.3 is 0 Å². The van der Waals surface area contributed by atoms with E-state index in [0.29, 0.717) is 12.8 Å². The van der Waals surface area contributed by atoms with Gasteiger partial charge in [0.25, 0.3) is 0 Å². The number of hydrogen-bond donors (Lipinski definition) is 0. The molecule has 1 aliphatic rings. The Balaban J connectivity index is 2.21. The zero-order valence-electron chi connectivity index (χ0n) is 11.1. The Hall–Kier alpha value is -2.40. The fourth-order valence-electron chi connectivity index (χ4n) is 3.22. The van der Waals surface area contributed by atoms with E-state index >= 15 is 0 Å². The quantitative estimate of drug-likeness (QED) is 0.830. The van der Waals surface area contributed by atoms with Crippen LogP contribution in [0.25, 0.3) is 0 Å². The van der Waals surface area contributed by atoms with Gasteiger partial charge < -0.3 is 0 Å². The minimum atomic E-state index is -0.650. The lowest BCUT2D eigenvalue weighted by Crippen LogP contribution is -2.34. The van der Waals surface area contributed by atoms with E-state index in [-0.39, 0.29) is 5.78 Å². The normalized spacial score (nSPS) is 20.6. The van der Waals surface area contributed by atoms with Crippen molar-refractivity contribution in [2.45, 2.75) is 18.3 Å². The molecule has 98 valence electrons. The van der Waals surface area contributed by atoms with Gasteiger partial charge in [0.05, 0.1) is 11.5 Å². The first-order chi connectivity index (χ1) is 9.79. The number of nitriles is 1. The van der Waals surface area contributed by atoms with Gasteiger partial charge in [0, 0.05) is 0 Å². The average Bonchev–Trinajstić information content (AvgIpc) is 2.87. The second-order valence-corrected chi connectivity index (χ2v) is 5.22. The molecule has 0 radical (unpaired) electrons. The van der Waals surface area contributed by atoms with Crippen LogP contribution in [0.15, 0.2) is 60.7 Å². The Kier molecular flexibility index (Phi) is 3.12. The van der Waals surface area contributed by atoms with Crippen molar-refractivity contribution >= 4 is 5.78 Å². The molecule has 0 spiro atoms. The zero-order valence-corrected chi connectivity index (χ0v) is 11.1. The molecule has 0 aliphatic heterocycles. The molecule has 2 heteroatoms. The molecule has 1 atom stereocenters. The fraction of sp³-hybridized carbons (Fsp3) is 0.222. The lowest BCUT2D eigenvalue weighted by molar-refractivity contribution is -0.122. The number of Topliss-reactive ketones (excluding diaryl/α,β-unsaturated/α-hetero) is 1. The molecule has 0 unspecified atom stereocenters. The van der Waals surface area contributed by atoms with Crippen molar-refractivity contribution in [3.63, 3.8) is 0 Å². The number of nitrogens with zero attached hydrogens (tertiary/aromatic N) is 1. The molecule has 3 rings (SSSR count). The van der Waals surface area contributed by atoms with Crippen LogP contribution in [0.4, 0.5) is 0 Å². The van der Waals surface area contributed by atoms with Gasteiger partial charge in [0.2, 0.25) is 0 Å². The van der Waals surface area contributed by atoms with Crippen molar-refractivity contribution in [3.8, 4) is 6.07 Å². The number of carbonyl (C=O) groups is 1. The number of carbonyl (C=O) groups excluding carboxylic acids is 1. The van der Waals surface area contributed by atoms with Crippen LogP contribution in [-0.4, -0.2) is 5.78 Å². The standard InChI is InChI=1S/C18H15NO/c19-13-14-11-12-18(17(14)20,15-7-3-1-4-8-15)16-9-5-2-6-10-16/h1-10,14H,11-12H2/t14-/m1/s1. The molecule has 1 fully saturated rings. The monoisotopic (exact) mass is 261 g/mol. The van der Waals surface area contributed by atoms with Gasteiger partial charge in [-0.2, -0.15) is 5.26 Å². The first kappa shape index (κ1) is 12.6. The van der Waals surface area contributed by atoms with Crippen molar-refractivity contribution in [1.29, 1.82) is 5.26 Å². The molecule has 2 aromatic rings. The van der Waals surface area contributed by atoms with Gasteiger partial charge in [0.1, 0.15) is 5.92 Å². The molecule has 0 heterocycles. The molecule has 0 aromatic heterocycles. The summed E-state index contributed by atoms with van der Waals surface area (Å²) in [6, 6.07) is 21.8. The van der Waals surface area contributed by atoms with Crippen molar-refractivity contribution in [2.75, 3.05) is 0 Å². The maximum absolute atomic E-state index is 12.8. The van der Waals surface area contributed by atoms with Crippen molar-refractivity contribution in [1.82, 2.24) is 0 Å². The maximum Gasteiger partial charge on any atom is 0.164 e. The second-order valence-electron chi connectivity index (χ2n) is 5.22. The van der Waals surface area contributed by atoms with Crippen LogP contribution >= 0.6 is 0 Å².